The van der Waals surface area contributed by atoms with Crippen LogP contribution >= 0.6 is 0 Å². The molecule has 0 saturated carbocycles. The molecule has 0 unspecified atom stereocenters. The van der Waals surface area contributed by atoms with E-state index in [9.17, 15) is 4.79 Å². The summed E-state index contributed by atoms with van der Waals surface area (Å²) in [5, 5.41) is 12.0. The number of piperidine rings is 2. The lowest BCUT2D eigenvalue weighted by atomic mass is 9.94. The van der Waals surface area contributed by atoms with Gasteiger partial charge in [0.1, 0.15) is 0 Å². The molecule has 0 N–H and O–H groups in total. The second-order valence-corrected chi connectivity index (χ2v) is 6.75. The summed E-state index contributed by atoms with van der Waals surface area (Å²) in [5.74, 6) is 1.55. The molecule has 1 aromatic heterocycles. The third-order valence-corrected chi connectivity index (χ3v) is 5.01. The third kappa shape index (κ3) is 4.07. The number of carbonyl (C=O) groups excluding carboxylic acids is 1. The predicted octanol–water partition coefficient (Wildman–Crippen LogP) is 1.31. The quantitative estimate of drug-likeness (QED) is 0.818. The van der Waals surface area contributed by atoms with Crippen LogP contribution in [0.15, 0.2) is 0 Å². The summed E-state index contributed by atoms with van der Waals surface area (Å²) >= 11 is 0. The second kappa shape index (κ2) is 7.86. The zero-order chi connectivity index (χ0) is 16.1. The molecule has 0 spiro atoms. The first kappa shape index (κ1) is 16.4. The normalized spacial score (nSPS) is 20.8. The number of tetrazole rings is 1. The van der Waals surface area contributed by atoms with E-state index in [0.29, 0.717) is 5.91 Å². The predicted molar refractivity (Wildman–Crippen MR) is 86.5 cm³/mol. The van der Waals surface area contributed by atoms with Crippen molar-refractivity contribution in [3.63, 3.8) is 0 Å². The molecule has 2 aliphatic rings. The topological polar surface area (TPSA) is 67.2 Å². The van der Waals surface area contributed by atoms with E-state index >= 15 is 0 Å². The minimum atomic E-state index is 0.219. The smallest absolute Gasteiger partial charge is 0.225 e. The van der Waals surface area contributed by atoms with Crippen molar-refractivity contribution in [2.75, 3.05) is 26.2 Å². The van der Waals surface area contributed by atoms with Crippen LogP contribution in [0.2, 0.25) is 0 Å². The van der Waals surface area contributed by atoms with E-state index in [0.717, 1.165) is 64.4 Å². The molecule has 128 valence electrons. The number of nitrogens with zero attached hydrogens (tertiary/aromatic N) is 6. The number of rotatable bonds is 5. The summed E-state index contributed by atoms with van der Waals surface area (Å²) in [6.07, 6.45) is 6.57. The van der Waals surface area contributed by atoms with E-state index in [1.54, 1.807) is 0 Å². The first-order valence-electron chi connectivity index (χ1n) is 9.04. The first-order chi connectivity index (χ1) is 11.3. The van der Waals surface area contributed by atoms with Gasteiger partial charge in [-0.3, -0.25) is 9.69 Å². The molecular formula is C16H28N6O. The van der Waals surface area contributed by atoms with E-state index in [2.05, 4.69) is 32.2 Å². The van der Waals surface area contributed by atoms with Crippen LogP contribution in [0.3, 0.4) is 0 Å². The SMILES string of the molecule is CCCn1nnnc1CN1CCC(C(=O)N2CCCCC2)CC1. The van der Waals surface area contributed by atoms with Crippen LogP contribution in [-0.2, 0) is 17.9 Å². The van der Waals surface area contributed by atoms with Crippen molar-refractivity contribution >= 4 is 5.91 Å². The molecule has 7 heteroatoms. The average Bonchev–Trinajstić information content (AvgIpc) is 3.03. The molecular weight excluding hydrogens is 292 g/mol. The van der Waals surface area contributed by atoms with Crippen LogP contribution in [0.25, 0.3) is 0 Å². The Labute approximate surface area is 138 Å². The lowest BCUT2D eigenvalue weighted by Gasteiger charge is -2.35. The summed E-state index contributed by atoms with van der Waals surface area (Å²) in [6, 6.07) is 0. The monoisotopic (exact) mass is 320 g/mol. The second-order valence-electron chi connectivity index (χ2n) is 6.75. The van der Waals surface area contributed by atoms with Crippen LogP contribution in [0.5, 0.6) is 0 Å². The summed E-state index contributed by atoms with van der Waals surface area (Å²) in [6.45, 7) is 7.63. The van der Waals surface area contributed by atoms with Crippen molar-refractivity contribution in [1.29, 1.82) is 0 Å². The fraction of sp³-hybridized carbons (Fsp3) is 0.875. The van der Waals surface area contributed by atoms with Crippen molar-refractivity contribution in [2.24, 2.45) is 5.92 Å². The van der Waals surface area contributed by atoms with E-state index < -0.39 is 0 Å². The number of hydrogen-bond acceptors (Lipinski definition) is 5. The van der Waals surface area contributed by atoms with Gasteiger partial charge in [0.25, 0.3) is 0 Å². The summed E-state index contributed by atoms with van der Waals surface area (Å²) in [4.78, 5) is 17.0. The Hall–Kier alpha value is -1.50. The largest absolute Gasteiger partial charge is 0.342 e. The minimum absolute atomic E-state index is 0.219. The van der Waals surface area contributed by atoms with Gasteiger partial charge in [-0.05, 0) is 62.0 Å². The van der Waals surface area contributed by atoms with Crippen LogP contribution in [0, 0.1) is 5.92 Å². The van der Waals surface area contributed by atoms with Crippen LogP contribution in [0.4, 0.5) is 0 Å². The maximum Gasteiger partial charge on any atom is 0.225 e. The van der Waals surface area contributed by atoms with E-state index in [1.807, 2.05) is 4.68 Å². The average molecular weight is 320 g/mol. The summed E-state index contributed by atoms with van der Waals surface area (Å²) in [7, 11) is 0. The maximum atomic E-state index is 12.6. The van der Waals surface area contributed by atoms with Crippen LogP contribution < -0.4 is 0 Å². The highest BCUT2D eigenvalue weighted by Crippen LogP contribution is 2.22. The Bertz CT molecular complexity index is 502. The van der Waals surface area contributed by atoms with E-state index in [-0.39, 0.29) is 5.92 Å². The highest BCUT2D eigenvalue weighted by atomic mass is 16.2. The van der Waals surface area contributed by atoms with Gasteiger partial charge in [0.05, 0.1) is 6.54 Å². The van der Waals surface area contributed by atoms with Crippen molar-refractivity contribution in [3.05, 3.63) is 5.82 Å². The molecule has 0 aliphatic carbocycles. The zero-order valence-corrected chi connectivity index (χ0v) is 14.2. The van der Waals surface area contributed by atoms with E-state index in [1.165, 1.54) is 19.3 Å². The van der Waals surface area contributed by atoms with Gasteiger partial charge in [0, 0.05) is 25.6 Å². The molecule has 0 radical (unpaired) electrons. The van der Waals surface area contributed by atoms with Gasteiger partial charge in [-0.25, -0.2) is 4.68 Å². The Morgan fingerprint density at radius 2 is 1.87 bits per heavy atom. The van der Waals surface area contributed by atoms with Gasteiger partial charge in [-0.2, -0.15) is 0 Å². The summed E-state index contributed by atoms with van der Waals surface area (Å²) in [5.41, 5.74) is 0. The number of aromatic nitrogens is 4. The van der Waals surface area contributed by atoms with Crippen molar-refractivity contribution < 1.29 is 4.79 Å². The molecule has 23 heavy (non-hydrogen) atoms. The van der Waals surface area contributed by atoms with Gasteiger partial charge in [0.15, 0.2) is 5.82 Å². The molecule has 3 rings (SSSR count). The lowest BCUT2D eigenvalue weighted by molar-refractivity contribution is -0.138. The molecule has 0 bridgehead atoms. The Morgan fingerprint density at radius 1 is 1.13 bits per heavy atom. The number of hydrogen-bond donors (Lipinski definition) is 0. The molecule has 0 atom stereocenters. The van der Waals surface area contributed by atoms with Gasteiger partial charge in [-0.1, -0.05) is 6.92 Å². The Balaban J connectivity index is 1.48. The van der Waals surface area contributed by atoms with Crippen LogP contribution in [0.1, 0.15) is 51.3 Å². The van der Waals surface area contributed by atoms with Crippen molar-refractivity contribution in [2.45, 2.75) is 58.5 Å². The van der Waals surface area contributed by atoms with E-state index in [4.69, 9.17) is 0 Å². The van der Waals surface area contributed by atoms with Gasteiger partial charge in [0.2, 0.25) is 5.91 Å². The lowest BCUT2D eigenvalue weighted by Crippen LogP contribution is -2.44. The number of likely N-dealkylation sites (tertiary alicyclic amines) is 2. The molecule has 0 aromatic carbocycles. The Morgan fingerprint density at radius 3 is 2.57 bits per heavy atom. The minimum Gasteiger partial charge on any atom is -0.342 e. The number of amides is 1. The fourth-order valence-corrected chi connectivity index (χ4v) is 3.63. The van der Waals surface area contributed by atoms with Gasteiger partial charge >= 0.3 is 0 Å². The van der Waals surface area contributed by atoms with Gasteiger partial charge < -0.3 is 4.90 Å². The maximum absolute atomic E-state index is 12.6. The Kier molecular flexibility index (Phi) is 5.59. The van der Waals surface area contributed by atoms with Crippen molar-refractivity contribution in [1.82, 2.24) is 30.0 Å². The zero-order valence-electron chi connectivity index (χ0n) is 14.2. The molecule has 2 fully saturated rings. The summed E-state index contributed by atoms with van der Waals surface area (Å²) < 4.78 is 1.89. The van der Waals surface area contributed by atoms with Crippen molar-refractivity contribution in [3.8, 4) is 0 Å². The molecule has 2 aliphatic heterocycles. The standard InChI is InChI=1S/C16H28N6O/c1-2-8-22-15(17-18-19-22)13-20-11-6-14(7-12-20)16(23)21-9-4-3-5-10-21/h14H,2-13H2,1H3. The molecule has 3 heterocycles. The van der Waals surface area contributed by atoms with Crippen LogP contribution in [-0.4, -0.2) is 62.1 Å². The fourth-order valence-electron chi connectivity index (χ4n) is 3.63. The highest BCUT2D eigenvalue weighted by molar-refractivity contribution is 5.79. The third-order valence-electron chi connectivity index (χ3n) is 5.01. The molecule has 1 aromatic rings. The number of aryl methyl sites for hydroxylation is 1. The molecule has 1 amide bonds. The molecule has 7 nitrogen and oxygen atoms in total. The van der Waals surface area contributed by atoms with Gasteiger partial charge in [-0.15, -0.1) is 5.10 Å². The number of carbonyl (C=O) groups is 1. The molecule has 2 saturated heterocycles. The highest BCUT2D eigenvalue weighted by Gasteiger charge is 2.29. The first-order valence-corrected chi connectivity index (χ1v) is 9.04.